The average molecular weight is 486 g/mol. The van der Waals surface area contributed by atoms with Crippen molar-refractivity contribution in [3.8, 4) is 5.75 Å². The second kappa shape index (κ2) is 10.6. The molecule has 8 nitrogen and oxygen atoms in total. The highest BCUT2D eigenvalue weighted by Crippen LogP contribution is 2.28. The minimum atomic E-state index is -3.56. The molecule has 2 fully saturated rings. The molecular formula is C25H31N3O5S. The van der Waals surface area contributed by atoms with Gasteiger partial charge in [-0.1, -0.05) is 12.1 Å². The van der Waals surface area contributed by atoms with Crippen molar-refractivity contribution in [3.63, 3.8) is 0 Å². The third-order valence-electron chi connectivity index (χ3n) is 6.40. The van der Waals surface area contributed by atoms with Crippen molar-refractivity contribution in [1.82, 2.24) is 9.21 Å². The number of para-hydroxylation sites is 1. The van der Waals surface area contributed by atoms with E-state index in [0.29, 0.717) is 42.1 Å². The molecule has 4 rings (SSSR count). The number of rotatable bonds is 8. The zero-order chi connectivity index (χ0) is 24.1. The van der Waals surface area contributed by atoms with Gasteiger partial charge in [0.1, 0.15) is 5.75 Å². The number of hydrogen-bond acceptors (Lipinski definition) is 5. The molecule has 2 aliphatic heterocycles. The highest BCUT2D eigenvalue weighted by Gasteiger charge is 2.28. The Bertz CT molecular complexity index is 1150. The molecule has 0 saturated carbocycles. The van der Waals surface area contributed by atoms with Crippen molar-refractivity contribution >= 4 is 27.5 Å². The highest BCUT2D eigenvalue weighted by molar-refractivity contribution is 7.89. The van der Waals surface area contributed by atoms with Crippen LogP contribution in [-0.4, -0.2) is 62.7 Å². The van der Waals surface area contributed by atoms with Crippen molar-refractivity contribution in [3.05, 3.63) is 53.6 Å². The molecule has 2 aromatic carbocycles. The van der Waals surface area contributed by atoms with E-state index in [2.05, 4.69) is 5.32 Å². The lowest BCUT2D eigenvalue weighted by Gasteiger charge is -2.18. The van der Waals surface area contributed by atoms with Crippen LogP contribution in [-0.2, 0) is 21.2 Å². The maximum Gasteiger partial charge on any atom is 0.255 e. The van der Waals surface area contributed by atoms with Gasteiger partial charge in [0.2, 0.25) is 15.9 Å². The van der Waals surface area contributed by atoms with Crippen LogP contribution in [0.25, 0.3) is 0 Å². The standard InChI is InChI=1S/C25H31N3O5S/c1-33-23-12-11-20(34(31,32)28-16-6-7-17-28)18-19(23)10-13-24(29)26-22-9-3-2-8-21(22)25(30)27-14-4-5-15-27/h2-3,8-9,11-12,18H,4-7,10,13-17H2,1H3,(H,26,29). The normalized spacial score (nSPS) is 16.6. The molecule has 9 heteroatoms. The topological polar surface area (TPSA) is 96.0 Å². The van der Waals surface area contributed by atoms with Crippen LogP contribution in [0.15, 0.2) is 47.4 Å². The minimum absolute atomic E-state index is 0.0742. The second-order valence-corrected chi connectivity index (χ2v) is 10.6. The van der Waals surface area contributed by atoms with E-state index in [9.17, 15) is 18.0 Å². The number of nitrogens with one attached hydrogen (secondary N) is 1. The Morgan fingerprint density at radius 1 is 0.971 bits per heavy atom. The van der Waals surface area contributed by atoms with E-state index >= 15 is 0 Å². The number of likely N-dealkylation sites (tertiary alicyclic amines) is 1. The SMILES string of the molecule is COc1ccc(S(=O)(=O)N2CCCC2)cc1CCC(=O)Nc1ccccc1C(=O)N1CCCC1. The molecule has 2 aliphatic rings. The number of carbonyl (C=O) groups excluding carboxylic acids is 2. The summed E-state index contributed by atoms with van der Waals surface area (Å²) in [6.07, 6.45) is 4.15. The number of benzene rings is 2. The van der Waals surface area contributed by atoms with Gasteiger partial charge in [-0.2, -0.15) is 4.31 Å². The lowest BCUT2D eigenvalue weighted by molar-refractivity contribution is -0.116. The molecule has 0 unspecified atom stereocenters. The number of carbonyl (C=O) groups is 2. The molecule has 0 aliphatic carbocycles. The first-order chi connectivity index (χ1) is 16.4. The van der Waals surface area contributed by atoms with Crippen LogP contribution >= 0.6 is 0 Å². The molecule has 0 radical (unpaired) electrons. The molecule has 2 amide bonds. The van der Waals surface area contributed by atoms with E-state index in [1.54, 1.807) is 42.5 Å². The lowest BCUT2D eigenvalue weighted by Crippen LogP contribution is -2.28. The Kier molecular flexibility index (Phi) is 7.53. The molecular weight excluding hydrogens is 454 g/mol. The lowest BCUT2D eigenvalue weighted by atomic mass is 10.1. The number of ether oxygens (including phenoxy) is 1. The summed E-state index contributed by atoms with van der Waals surface area (Å²) in [7, 11) is -2.04. The molecule has 2 saturated heterocycles. The van der Waals surface area contributed by atoms with E-state index in [1.165, 1.54) is 11.4 Å². The molecule has 0 aromatic heterocycles. The average Bonchev–Trinajstić information content (AvgIpc) is 3.57. The number of aryl methyl sites for hydroxylation is 1. The molecule has 34 heavy (non-hydrogen) atoms. The maximum atomic E-state index is 12.9. The van der Waals surface area contributed by atoms with Crippen molar-refractivity contribution in [2.45, 2.75) is 43.4 Å². The molecule has 0 atom stereocenters. The first-order valence-corrected chi connectivity index (χ1v) is 13.2. The maximum absolute atomic E-state index is 12.9. The molecule has 2 aromatic rings. The quantitative estimate of drug-likeness (QED) is 0.619. The van der Waals surface area contributed by atoms with Crippen molar-refractivity contribution < 1.29 is 22.7 Å². The monoisotopic (exact) mass is 485 g/mol. The van der Waals surface area contributed by atoms with Crippen LogP contribution in [0.3, 0.4) is 0 Å². The van der Waals surface area contributed by atoms with E-state index in [4.69, 9.17) is 4.74 Å². The Balaban J connectivity index is 1.46. The van der Waals surface area contributed by atoms with Gasteiger partial charge in [-0.05, 0) is 68.0 Å². The molecule has 0 bridgehead atoms. The fourth-order valence-corrected chi connectivity index (χ4v) is 6.09. The van der Waals surface area contributed by atoms with Crippen LogP contribution in [0.2, 0.25) is 0 Å². The van der Waals surface area contributed by atoms with Crippen molar-refractivity contribution in [2.24, 2.45) is 0 Å². The Labute approximate surface area is 200 Å². The summed E-state index contributed by atoms with van der Waals surface area (Å²) in [4.78, 5) is 27.6. The van der Waals surface area contributed by atoms with Gasteiger partial charge in [0, 0.05) is 32.6 Å². The number of sulfonamides is 1. The Hall–Kier alpha value is -2.91. The summed E-state index contributed by atoms with van der Waals surface area (Å²) >= 11 is 0. The minimum Gasteiger partial charge on any atom is -0.496 e. The van der Waals surface area contributed by atoms with E-state index in [0.717, 1.165) is 38.8 Å². The fraction of sp³-hybridized carbons (Fsp3) is 0.440. The number of hydrogen-bond donors (Lipinski definition) is 1. The number of nitrogens with zero attached hydrogens (tertiary/aromatic N) is 2. The number of anilines is 1. The van der Waals surface area contributed by atoms with Crippen LogP contribution in [0.1, 0.15) is 48.0 Å². The Morgan fingerprint density at radius 3 is 2.35 bits per heavy atom. The summed E-state index contributed by atoms with van der Waals surface area (Å²) in [5.74, 6) is 0.212. The first kappa shape index (κ1) is 24.2. The predicted octanol–water partition coefficient (Wildman–Crippen LogP) is 3.29. The van der Waals surface area contributed by atoms with E-state index in [-0.39, 0.29) is 23.1 Å². The number of amides is 2. The van der Waals surface area contributed by atoms with E-state index < -0.39 is 10.0 Å². The second-order valence-electron chi connectivity index (χ2n) is 8.68. The predicted molar refractivity (Wildman–Crippen MR) is 130 cm³/mol. The first-order valence-electron chi connectivity index (χ1n) is 11.8. The van der Waals surface area contributed by atoms with Gasteiger partial charge < -0.3 is 15.0 Å². The van der Waals surface area contributed by atoms with Gasteiger partial charge in [0.25, 0.3) is 5.91 Å². The summed E-state index contributed by atoms with van der Waals surface area (Å²) in [6, 6.07) is 11.8. The summed E-state index contributed by atoms with van der Waals surface area (Å²) < 4.78 is 32.8. The number of methoxy groups -OCH3 is 1. The zero-order valence-corrected chi connectivity index (χ0v) is 20.3. The molecule has 0 spiro atoms. The third kappa shape index (κ3) is 5.26. The van der Waals surface area contributed by atoms with Gasteiger partial charge in [0.15, 0.2) is 0 Å². The van der Waals surface area contributed by atoms with Crippen LogP contribution < -0.4 is 10.1 Å². The third-order valence-corrected chi connectivity index (χ3v) is 8.30. The van der Waals surface area contributed by atoms with Crippen molar-refractivity contribution in [1.29, 1.82) is 0 Å². The van der Waals surface area contributed by atoms with Crippen LogP contribution in [0.5, 0.6) is 5.75 Å². The van der Waals surface area contributed by atoms with Gasteiger partial charge in [-0.15, -0.1) is 0 Å². The van der Waals surface area contributed by atoms with Gasteiger partial charge >= 0.3 is 0 Å². The van der Waals surface area contributed by atoms with E-state index in [1.807, 2.05) is 4.90 Å². The summed E-state index contributed by atoms with van der Waals surface area (Å²) in [5.41, 5.74) is 1.62. The smallest absolute Gasteiger partial charge is 0.255 e. The highest BCUT2D eigenvalue weighted by atomic mass is 32.2. The Morgan fingerprint density at radius 2 is 1.65 bits per heavy atom. The summed E-state index contributed by atoms with van der Waals surface area (Å²) in [6.45, 7) is 2.53. The van der Waals surface area contributed by atoms with Gasteiger partial charge in [0.05, 0.1) is 23.3 Å². The summed E-state index contributed by atoms with van der Waals surface area (Å²) in [5, 5.41) is 2.86. The van der Waals surface area contributed by atoms with Gasteiger partial charge in [-0.3, -0.25) is 9.59 Å². The molecule has 2 heterocycles. The van der Waals surface area contributed by atoms with Crippen LogP contribution in [0, 0.1) is 0 Å². The fourth-order valence-electron chi connectivity index (χ4n) is 4.52. The van der Waals surface area contributed by atoms with Crippen LogP contribution in [0.4, 0.5) is 5.69 Å². The molecule has 1 N–H and O–H groups in total. The van der Waals surface area contributed by atoms with Gasteiger partial charge in [-0.25, -0.2) is 8.42 Å². The van der Waals surface area contributed by atoms with Crippen molar-refractivity contribution in [2.75, 3.05) is 38.6 Å². The molecule has 182 valence electrons. The largest absolute Gasteiger partial charge is 0.496 e. The zero-order valence-electron chi connectivity index (χ0n) is 19.5.